The molecule has 0 saturated heterocycles. The normalized spacial score (nSPS) is 14.5. The predicted octanol–water partition coefficient (Wildman–Crippen LogP) is 5.46. The summed E-state index contributed by atoms with van der Waals surface area (Å²) in [5.74, 6) is -0.689. The van der Waals surface area contributed by atoms with Gasteiger partial charge in [0.2, 0.25) is 0 Å². The molecule has 0 spiro atoms. The number of alkyl halides is 1. The Hall–Kier alpha value is -1.79. The number of halogens is 4. The molecule has 0 saturated carbocycles. The number of hydrogen-bond acceptors (Lipinski definition) is 4. The molecule has 1 aliphatic rings. The summed E-state index contributed by atoms with van der Waals surface area (Å²) in [6, 6.07) is 10.1. The molecular weight excluding hydrogens is 446 g/mol. The zero-order valence-electron chi connectivity index (χ0n) is 14.4. The fourth-order valence-corrected chi connectivity index (χ4v) is 3.55. The van der Waals surface area contributed by atoms with Gasteiger partial charge in [0.15, 0.2) is 5.71 Å². The highest BCUT2D eigenvalue weighted by Gasteiger charge is 2.35. The van der Waals surface area contributed by atoms with Gasteiger partial charge in [0.25, 0.3) is 5.91 Å². The van der Waals surface area contributed by atoms with Crippen LogP contribution in [0.5, 0.6) is 0 Å². The summed E-state index contributed by atoms with van der Waals surface area (Å²) in [4.78, 5) is 31.1. The van der Waals surface area contributed by atoms with Crippen LogP contribution in [0, 0.1) is 0 Å². The van der Waals surface area contributed by atoms with E-state index in [1.54, 1.807) is 36.4 Å². The molecule has 0 unspecified atom stereocenters. The Balaban J connectivity index is 1.94. The lowest BCUT2D eigenvalue weighted by Gasteiger charge is -2.18. The Labute approximate surface area is 181 Å². The van der Waals surface area contributed by atoms with E-state index >= 15 is 0 Å². The monoisotopic (exact) mass is 458 g/mol. The molecule has 28 heavy (non-hydrogen) atoms. The molecule has 5 nitrogen and oxygen atoms in total. The Bertz CT molecular complexity index is 942. The van der Waals surface area contributed by atoms with Crippen molar-refractivity contribution in [2.24, 2.45) is 5.16 Å². The van der Waals surface area contributed by atoms with Gasteiger partial charge >= 0.3 is 5.97 Å². The molecule has 0 aliphatic carbocycles. The minimum Gasteiger partial charge on any atom is -0.317 e. The number of amides is 1. The van der Waals surface area contributed by atoms with Crippen molar-refractivity contribution in [2.75, 3.05) is 10.8 Å². The van der Waals surface area contributed by atoms with Gasteiger partial charge in [-0.3, -0.25) is 4.79 Å². The minimum atomic E-state index is -0.572. The van der Waals surface area contributed by atoms with Crippen LogP contribution in [0.1, 0.15) is 24.0 Å². The first-order chi connectivity index (χ1) is 13.4. The van der Waals surface area contributed by atoms with Gasteiger partial charge in [-0.1, -0.05) is 46.0 Å². The van der Waals surface area contributed by atoms with Crippen molar-refractivity contribution in [3.63, 3.8) is 0 Å². The van der Waals surface area contributed by atoms with E-state index in [4.69, 9.17) is 51.2 Å². The highest BCUT2D eigenvalue weighted by atomic mass is 35.5. The van der Waals surface area contributed by atoms with Crippen LogP contribution in [0.2, 0.25) is 15.1 Å². The highest BCUT2D eigenvalue weighted by molar-refractivity contribution is 6.54. The molecule has 0 fully saturated rings. The number of anilines is 1. The van der Waals surface area contributed by atoms with Crippen molar-refractivity contribution in [3.05, 3.63) is 62.6 Å². The molecule has 1 amide bonds. The molecule has 0 aromatic heterocycles. The van der Waals surface area contributed by atoms with Crippen LogP contribution in [-0.4, -0.2) is 23.5 Å². The van der Waals surface area contributed by atoms with E-state index in [1.807, 2.05) is 0 Å². The van der Waals surface area contributed by atoms with E-state index in [-0.39, 0.29) is 18.7 Å². The lowest BCUT2D eigenvalue weighted by atomic mass is 10.1. The summed E-state index contributed by atoms with van der Waals surface area (Å²) in [6.07, 6.45) is 0.564. The zero-order chi connectivity index (χ0) is 20.3. The van der Waals surface area contributed by atoms with Gasteiger partial charge in [-0.25, -0.2) is 4.79 Å². The topological polar surface area (TPSA) is 59.0 Å². The number of oxime groups is 1. The van der Waals surface area contributed by atoms with Crippen molar-refractivity contribution in [1.82, 2.24) is 0 Å². The molecule has 0 radical (unpaired) electrons. The largest absolute Gasteiger partial charge is 0.335 e. The van der Waals surface area contributed by atoms with Crippen LogP contribution in [0.3, 0.4) is 0 Å². The second kappa shape index (κ2) is 9.14. The van der Waals surface area contributed by atoms with Crippen LogP contribution in [0.15, 0.2) is 41.6 Å². The molecule has 3 rings (SSSR count). The SMILES string of the molecule is O=C(CCCCl)O/N=C1/C(=O)N(Cc2c(Cl)cccc2Cl)c2ccc(Cl)cc21. The second-order valence-corrected chi connectivity index (χ2v) is 7.58. The minimum absolute atomic E-state index is 0.0140. The van der Waals surface area contributed by atoms with Crippen molar-refractivity contribution < 1.29 is 14.4 Å². The Morgan fingerprint density at radius 2 is 1.82 bits per heavy atom. The first-order valence-corrected chi connectivity index (χ1v) is 9.97. The van der Waals surface area contributed by atoms with E-state index in [9.17, 15) is 9.59 Å². The number of carbonyl (C=O) groups excluding carboxylic acids is 2. The van der Waals surface area contributed by atoms with Crippen molar-refractivity contribution in [2.45, 2.75) is 19.4 Å². The van der Waals surface area contributed by atoms with Gasteiger partial charge in [-0.05, 0) is 36.8 Å². The van der Waals surface area contributed by atoms with E-state index in [1.165, 1.54) is 4.90 Å². The molecule has 0 N–H and O–H groups in total. The van der Waals surface area contributed by atoms with E-state index in [0.717, 1.165) is 0 Å². The number of rotatable bonds is 6. The van der Waals surface area contributed by atoms with Crippen LogP contribution in [-0.2, 0) is 21.0 Å². The van der Waals surface area contributed by atoms with Gasteiger partial charge in [-0.15, -0.1) is 11.6 Å². The Kier molecular flexibility index (Phi) is 6.83. The molecule has 2 aromatic rings. The lowest BCUT2D eigenvalue weighted by Crippen LogP contribution is -2.30. The summed E-state index contributed by atoms with van der Waals surface area (Å²) < 4.78 is 0. The quantitative estimate of drug-likeness (QED) is 0.327. The number of hydrogen-bond donors (Lipinski definition) is 0. The van der Waals surface area contributed by atoms with Gasteiger partial charge in [-0.2, -0.15) is 0 Å². The summed E-state index contributed by atoms with van der Waals surface area (Å²) in [5, 5.41) is 5.08. The molecular formula is C19H14Cl4N2O3. The molecule has 146 valence electrons. The van der Waals surface area contributed by atoms with Crippen LogP contribution in [0.25, 0.3) is 0 Å². The second-order valence-electron chi connectivity index (χ2n) is 5.95. The molecule has 1 aliphatic heterocycles. The maximum Gasteiger partial charge on any atom is 0.335 e. The Morgan fingerprint density at radius 3 is 2.50 bits per heavy atom. The van der Waals surface area contributed by atoms with Crippen molar-refractivity contribution >= 4 is 69.7 Å². The van der Waals surface area contributed by atoms with Crippen LogP contribution in [0.4, 0.5) is 5.69 Å². The zero-order valence-corrected chi connectivity index (χ0v) is 17.4. The summed E-state index contributed by atoms with van der Waals surface area (Å²) in [6.45, 7) is 0.130. The molecule has 1 heterocycles. The van der Waals surface area contributed by atoms with E-state index < -0.39 is 11.9 Å². The third kappa shape index (κ3) is 4.44. The third-order valence-corrected chi connectivity index (χ3v) is 5.29. The average molecular weight is 460 g/mol. The first-order valence-electron chi connectivity index (χ1n) is 8.31. The van der Waals surface area contributed by atoms with Crippen LogP contribution >= 0.6 is 46.4 Å². The molecule has 0 atom stereocenters. The fraction of sp³-hybridized carbons (Fsp3) is 0.211. The first kappa shape index (κ1) is 20.9. The van der Waals surface area contributed by atoms with Crippen molar-refractivity contribution in [1.29, 1.82) is 0 Å². The number of benzene rings is 2. The summed E-state index contributed by atoms with van der Waals surface area (Å²) in [5.41, 5.74) is 1.62. The maximum absolute atomic E-state index is 13.0. The van der Waals surface area contributed by atoms with E-state index in [0.29, 0.717) is 44.2 Å². The van der Waals surface area contributed by atoms with Gasteiger partial charge < -0.3 is 9.74 Å². The number of fused-ring (bicyclic) bond motifs is 1. The molecule has 2 aromatic carbocycles. The predicted molar refractivity (Wildman–Crippen MR) is 112 cm³/mol. The highest BCUT2D eigenvalue weighted by Crippen LogP contribution is 2.35. The fourth-order valence-electron chi connectivity index (χ4n) is 2.73. The lowest BCUT2D eigenvalue weighted by molar-refractivity contribution is -0.143. The summed E-state index contributed by atoms with van der Waals surface area (Å²) in [7, 11) is 0. The van der Waals surface area contributed by atoms with Crippen molar-refractivity contribution in [3.8, 4) is 0 Å². The van der Waals surface area contributed by atoms with Gasteiger partial charge in [0.05, 0.1) is 12.2 Å². The number of nitrogens with zero attached hydrogens (tertiary/aromatic N) is 2. The van der Waals surface area contributed by atoms with E-state index in [2.05, 4.69) is 5.16 Å². The standard InChI is InChI=1S/C19H14Cl4N2O3/c20-8-2-5-17(26)28-24-18-12-9-11(21)6-7-16(12)25(19(18)27)10-13-14(22)3-1-4-15(13)23/h1,3-4,6-7,9H,2,5,8,10H2/b24-18+. The molecule has 0 bridgehead atoms. The average Bonchev–Trinajstić information content (AvgIpc) is 2.91. The maximum atomic E-state index is 13.0. The summed E-state index contributed by atoms with van der Waals surface area (Å²) >= 11 is 24.1. The smallest absolute Gasteiger partial charge is 0.317 e. The van der Waals surface area contributed by atoms with Gasteiger partial charge in [0, 0.05) is 38.5 Å². The Morgan fingerprint density at radius 1 is 1.11 bits per heavy atom. The number of carbonyl (C=O) groups is 2. The third-order valence-electron chi connectivity index (χ3n) is 4.08. The molecule has 9 heteroatoms. The van der Waals surface area contributed by atoms with Crippen LogP contribution < -0.4 is 4.90 Å². The van der Waals surface area contributed by atoms with Gasteiger partial charge in [0.1, 0.15) is 0 Å².